The molecule has 0 spiro atoms. The Morgan fingerprint density at radius 3 is 0.735 bits per heavy atom. The number of rotatable bonds is 62. The van der Waals surface area contributed by atoms with Gasteiger partial charge < -0.3 is 14.2 Å². The first kappa shape index (κ1) is 78.5. The minimum atomic E-state index is -0.801. The van der Waals surface area contributed by atoms with Crippen LogP contribution in [0.25, 0.3) is 0 Å². The molecule has 1 unspecified atom stereocenters. The van der Waals surface area contributed by atoms with E-state index in [-0.39, 0.29) is 31.1 Å². The zero-order valence-corrected chi connectivity index (χ0v) is 54.2. The maximum atomic E-state index is 13.0. The molecule has 0 rings (SSSR count). The fourth-order valence-electron chi connectivity index (χ4n) is 9.49. The van der Waals surface area contributed by atoms with E-state index in [1.54, 1.807) is 0 Å². The number of carbonyl (C=O) groups is 3. The van der Waals surface area contributed by atoms with Gasteiger partial charge in [0.15, 0.2) is 6.10 Å². The lowest BCUT2D eigenvalue weighted by Crippen LogP contribution is -2.30. The molecule has 0 saturated carbocycles. The fourth-order valence-corrected chi connectivity index (χ4v) is 9.49. The number of allylic oxidation sites excluding steroid dienone is 22. The van der Waals surface area contributed by atoms with E-state index in [1.807, 2.05) is 0 Å². The van der Waals surface area contributed by atoms with Crippen molar-refractivity contribution < 1.29 is 28.6 Å². The lowest BCUT2D eigenvalue weighted by molar-refractivity contribution is -0.167. The van der Waals surface area contributed by atoms with Crippen LogP contribution in [-0.4, -0.2) is 37.2 Å². The van der Waals surface area contributed by atoms with Crippen LogP contribution < -0.4 is 0 Å². The van der Waals surface area contributed by atoms with Crippen molar-refractivity contribution in [2.75, 3.05) is 13.2 Å². The van der Waals surface area contributed by atoms with Gasteiger partial charge in [-0.2, -0.15) is 0 Å². The summed E-state index contributed by atoms with van der Waals surface area (Å²) < 4.78 is 17.0. The van der Waals surface area contributed by atoms with Crippen molar-refractivity contribution in [1.82, 2.24) is 0 Å². The van der Waals surface area contributed by atoms with Crippen LogP contribution >= 0.6 is 0 Å². The van der Waals surface area contributed by atoms with Crippen molar-refractivity contribution in [3.05, 3.63) is 134 Å². The molecule has 0 aromatic rings. The Kier molecular flexibility index (Phi) is 66.3. The van der Waals surface area contributed by atoms with Crippen LogP contribution in [0.4, 0.5) is 0 Å². The first-order chi connectivity index (χ1) is 41.0. The van der Waals surface area contributed by atoms with Gasteiger partial charge in [-0.1, -0.05) is 296 Å². The summed E-state index contributed by atoms with van der Waals surface area (Å²) >= 11 is 0. The predicted octanol–water partition coefficient (Wildman–Crippen LogP) is 24.1. The van der Waals surface area contributed by atoms with Crippen LogP contribution in [0.15, 0.2) is 134 Å². The third-order valence-corrected chi connectivity index (χ3v) is 14.6. The lowest BCUT2D eigenvalue weighted by Gasteiger charge is -2.18. The highest BCUT2D eigenvalue weighted by Gasteiger charge is 2.19. The van der Waals surface area contributed by atoms with Gasteiger partial charge in [0.2, 0.25) is 0 Å². The summed E-state index contributed by atoms with van der Waals surface area (Å²) in [5.74, 6) is -0.917. The van der Waals surface area contributed by atoms with E-state index < -0.39 is 6.10 Å². The van der Waals surface area contributed by atoms with E-state index >= 15 is 0 Å². The van der Waals surface area contributed by atoms with Crippen LogP contribution in [0.1, 0.15) is 316 Å². The average molecular weight is 1150 g/mol. The molecular weight excluding hydrogens is 1020 g/mol. The molecular formula is C77H128O6. The molecule has 0 fully saturated rings. The van der Waals surface area contributed by atoms with E-state index in [9.17, 15) is 14.4 Å². The lowest BCUT2D eigenvalue weighted by atomic mass is 10.0. The highest BCUT2D eigenvalue weighted by molar-refractivity contribution is 5.71. The van der Waals surface area contributed by atoms with Gasteiger partial charge in [0.1, 0.15) is 13.2 Å². The molecule has 0 aromatic carbocycles. The molecule has 0 bridgehead atoms. The molecule has 0 amide bonds. The summed E-state index contributed by atoms with van der Waals surface area (Å²) in [5.41, 5.74) is 0. The van der Waals surface area contributed by atoms with Crippen LogP contribution in [0.3, 0.4) is 0 Å². The normalized spacial score (nSPS) is 13.0. The summed E-state index contributed by atoms with van der Waals surface area (Å²) in [6, 6.07) is 0. The summed E-state index contributed by atoms with van der Waals surface area (Å²) in [4.78, 5) is 38.5. The second-order valence-electron chi connectivity index (χ2n) is 22.7. The van der Waals surface area contributed by atoms with E-state index in [2.05, 4.69) is 154 Å². The number of unbranched alkanes of at least 4 members (excludes halogenated alkanes) is 29. The molecule has 0 aliphatic carbocycles. The first-order valence-electron chi connectivity index (χ1n) is 34.7. The Balaban J connectivity index is 4.40. The van der Waals surface area contributed by atoms with Gasteiger partial charge in [-0.25, -0.2) is 0 Å². The molecule has 472 valence electrons. The van der Waals surface area contributed by atoms with Gasteiger partial charge in [0, 0.05) is 19.3 Å². The molecule has 6 heteroatoms. The zero-order chi connectivity index (χ0) is 59.9. The van der Waals surface area contributed by atoms with Crippen LogP contribution in [0, 0.1) is 0 Å². The second kappa shape index (κ2) is 70.0. The summed E-state index contributed by atoms with van der Waals surface area (Å²) in [6.07, 6.45) is 98.9. The summed E-state index contributed by atoms with van der Waals surface area (Å²) in [7, 11) is 0. The maximum absolute atomic E-state index is 13.0. The van der Waals surface area contributed by atoms with Gasteiger partial charge in [-0.15, -0.1) is 0 Å². The third kappa shape index (κ3) is 68.2. The van der Waals surface area contributed by atoms with Crippen LogP contribution in [0.5, 0.6) is 0 Å². The van der Waals surface area contributed by atoms with Crippen molar-refractivity contribution in [3.8, 4) is 0 Å². The second-order valence-corrected chi connectivity index (χ2v) is 22.7. The number of hydrogen-bond acceptors (Lipinski definition) is 6. The Hall–Kier alpha value is -4.45. The summed E-state index contributed by atoms with van der Waals surface area (Å²) in [5, 5.41) is 0. The minimum Gasteiger partial charge on any atom is -0.462 e. The topological polar surface area (TPSA) is 78.9 Å². The third-order valence-electron chi connectivity index (χ3n) is 14.6. The highest BCUT2D eigenvalue weighted by Crippen LogP contribution is 2.16. The standard InChI is InChI=1S/C77H128O6/c1-4-7-10-13-16-19-22-25-28-31-33-35-36-37-38-39-40-42-43-46-49-52-55-58-61-64-67-70-76(79)82-73-74(72-81-75(78)69-66-63-60-57-54-51-48-45-30-27-24-21-18-15-12-9-6-3)83-77(80)71-68-65-62-59-56-53-50-47-44-41-34-32-29-26-23-20-17-14-11-8-5-2/h8-9,11-12,17-18,20-22,25-27,29-31,33-34,36-37,41,47,50,74H,4-7,10,13-16,19,23-24,28,32,35,38-40,42-46,48-49,51-73H2,1-3H3/b11-8-,12-9-,20-17-,21-18-,25-22-,29-26-,30-27-,33-31-,37-36-,41-34-,50-47-. The molecule has 0 radical (unpaired) electrons. The molecule has 0 heterocycles. The van der Waals surface area contributed by atoms with Crippen molar-refractivity contribution >= 4 is 17.9 Å². The Bertz CT molecular complexity index is 1750. The SMILES string of the molecule is CC/C=C\C/C=C\C/C=C\C/C=C\C/C=C\CCCCCCCC(=O)OC(COC(=O)CCCCCCCCC/C=C\C/C=C\C/C=C\CC)COC(=O)CCCCCCCCCCCCCC/C=C\C/C=C\C/C=C\CCCCCCC. The van der Waals surface area contributed by atoms with Gasteiger partial charge in [-0.05, 0) is 135 Å². The number of hydrogen-bond donors (Lipinski definition) is 0. The molecule has 83 heavy (non-hydrogen) atoms. The molecule has 0 aliphatic heterocycles. The monoisotopic (exact) mass is 1150 g/mol. The van der Waals surface area contributed by atoms with Crippen molar-refractivity contribution in [2.24, 2.45) is 0 Å². The summed E-state index contributed by atoms with van der Waals surface area (Å²) in [6.45, 7) is 6.40. The Labute approximate surface area is 513 Å². The minimum absolute atomic E-state index is 0.0931. The van der Waals surface area contributed by atoms with Crippen LogP contribution in [-0.2, 0) is 28.6 Å². The number of ether oxygens (including phenoxy) is 3. The van der Waals surface area contributed by atoms with Crippen molar-refractivity contribution in [3.63, 3.8) is 0 Å². The molecule has 0 N–H and O–H groups in total. The molecule has 0 aliphatic rings. The van der Waals surface area contributed by atoms with E-state index in [4.69, 9.17) is 14.2 Å². The Morgan fingerprint density at radius 2 is 0.470 bits per heavy atom. The van der Waals surface area contributed by atoms with Crippen LogP contribution in [0.2, 0.25) is 0 Å². The van der Waals surface area contributed by atoms with Crippen molar-refractivity contribution in [1.29, 1.82) is 0 Å². The average Bonchev–Trinajstić information content (AvgIpc) is 3.50. The zero-order valence-electron chi connectivity index (χ0n) is 54.2. The fraction of sp³-hybridized carbons (Fsp3) is 0.675. The van der Waals surface area contributed by atoms with E-state index in [0.717, 1.165) is 148 Å². The van der Waals surface area contributed by atoms with Gasteiger partial charge in [0.25, 0.3) is 0 Å². The number of esters is 3. The number of carbonyl (C=O) groups excluding carboxylic acids is 3. The van der Waals surface area contributed by atoms with E-state index in [1.165, 1.54) is 128 Å². The van der Waals surface area contributed by atoms with Gasteiger partial charge in [0.05, 0.1) is 0 Å². The largest absolute Gasteiger partial charge is 0.462 e. The quantitative estimate of drug-likeness (QED) is 0.0261. The molecule has 0 aromatic heterocycles. The Morgan fingerprint density at radius 1 is 0.253 bits per heavy atom. The van der Waals surface area contributed by atoms with Gasteiger partial charge in [-0.3, -0.25) is 14.4 Å². The predicted molar refractivity (Wildman–Crippen MR) is 362 cm³/mol. The van der Waals surface area contributed by atoms with Crippen molar-refractivity contribution in [2.45, 2.75) is 322 Å². The molecule has 0 saturated heterocycles. The molecule has 6 nitrogen and oxygen atoms in total. The van der Waals surface area contributed by atoms with E-state index in [0.29, 0.717) is 19.3 Å². The highest BCUT2D eigenvalue weighted by atomic mass is 16.6. The van der Waals surface area contributed by atoms with Gasteiger partial charge >= 0.3 is 17.9 Å². The maximum Gasteiger partial charge on any atom is 0.306 e. The first-order valence-corrected chi connectivity index (χ1v) is 34.7. The molecule has 1 atom stereocenters. The smallest absolute Gasteiger partial charge is 0.306 e.